The van der Waals surface area contributed by atoms with Crippen LogP contribution in [-0.2, 0) is 4.79 Å². The monoisotopic (exact) mass is 411 g/mol. The minimum atomic E-state index is -0.536. The molecule has 8 nitrogen and oxygen atoms in total. The zero-order valence-electron chi connectivity index (χ0n) is 17.5. The molecule has 2 aromatic heterocycles. The SMILES string of the molecule is CN1CC(O)CC2(CCN(C(=O)c3cnc4c(c3)ncn4C3CCCC3)CC2)C1=O. The molecule has 0 radical (unpaired) electrons. The van der Waals surface area contributed by atoms with Gasteiger partial charge in [0.15, 0.2) is 5.65 Å². The van der Waals surface area contributed by atoms with Gasteiger partial charge in [0.1, 0.15) is 5.52 Å². The number of aliphatic hydroxyl groups is 1. The maximum atomic E-state index is 13.1. The van der Waals surface area contributed by atoms with Gasteiger partial charge in [0.05, 0.1) is 23.4 Å². The predicted molar refractivity (Wildman–Crippen MR) is 111 cm³/mol. The van der Waals surface area contributed by atoms with Crippen molar-refractivity contribution in [1.29, 1.82) is 0 Å². The highest BCUT2D eigenvalue weighted by Crippen LogP contribution is 2.41. The van der Waals surface area contributed by atoms with Gasteiger partial charge in [-0.1, -0.05) is 12.8 Å². The minimum Gasteiger partial charge on any atom is -0.391 e. The van der Waals surface area contributed by atoms with Crippen molar-refractivity contribution in [2.45, 2.75) is 57.1 Å². The fourth-order valence-corrected chi connectivity index (χ4v) is 5.63. The topological polar surface area (TPSA) is 91.6 Å². The van der Waals surface area contributed by atoms with E-state index in [-0.39, 0.29) is 11.8 Å². The summed E-state index contributed by atoms with van der Waals surface area (Å²) in [5, 5.41) is 10.2. The number of hydrogen-bond acceptors (Lipinski definition) is 5. The van der Waals surface area contributed by atoms with E-state index in [1.165, 1.54) is 12.8 Å². The van der Waals surface area contributed by atoms with E-state index in [2.05, 4.69) is 14.5 Å². The lowest BCUT2D eigenvalue weighted by Crippen LogP contribution is -2.56. The summed E-state index contributed by atoms with van der Waals surface area (Å²) in [6.45, 7) is 1.42. The van der Waals surface area contributed by atoms with Gasteiger partial charge in [0.2, 0.25) is 5.91 Å². The third-order valence-electron chi connectivity index (χ3n) is 7.30. The molecule has 1 spiro atoms. The number of carbonyl (C=O) groups is 2. The fourth-order valence-electron chi connectivity index (χ4n) is 5.63. The second-order valence-electron chi connectivity index (χ2n) is 9.27. The van der Waals surface area contributed by atoms with Gasteiger partial charge >= 0.3 is 0 Å². The molecule has 2 aliphatic heterocycles. The first-order chi connectivity index (χ1) is 14.5. The van der Waals surface area contributed by atoms with Gasteiger partial charge in [-0.05, 0) is 38.2 Å². The molecule has 8 heteroatoms. The zero-order valence-corrected chi connectivity index (χ0v) is 17.5. The Morgan fingerprint density at radius 1 is 1.20 bits per heavy atom. The number of aliphatic hydroxyl groups excluding tert-OH is 1. The molecule has 4 heterocycles. The summed E-state index contributed by atoms with van der Waals surface area (Å²) in [6.07, 6.45) is 9.49. The first-order valence-corrected chi connectivity index (χ1v) is 11.0. The Hall–Kier alpha value is -2.48. The Bertz CT molecular complexity index is 972. The summed E-state index contributed by atoms with van der Waals surface area (Å²) in [4.78, 5) is 38.3. The Morgan fingerprint density at radius 2 is 1.93 bits per heavy atom. The van der Waals surface area contributed by atoms with Gasteiger partial charge in [-0.25, -0.2) is 9.97 Å². The van der Waals surface area contributed by atoms with Crippen LogP contribution in [0.1, 0.15) is 61.3 Å². The maximum Gasteiger partial charge on any atom is 0.255 e. The van der Waals surface area contributed by atoms with Crippen LogP contribution in [0, 0.1) is 5.41 Å². The van der Waals surface area contributed by atoms with Crippen LogP contribution in [0.15, 0.2) is 18.6 Å². The van der Waals surface area contributed by atoms with E-state index in [9.17, 15) is 14.7 Å². The third kappa shape index (κ3) is 3.17. The van der Waals surface area contributed by atoms with Crippen molar-refractivity contribution >= 4 is 23.0 Å². The number of likely N-dealkylation sites (tertiary alicyclic amines) is 2. The van der Waals surface area contributed by atoms with E-state index >= 15 is 0 Å². The molecule has 0 aromatic carbocycles. The van der Waals surface area contributed by atoms with Crippen molar-refractivity contribution in [3.05, 3.63) is 24.2 Å². The summed E-state index contributed by atoms with van der Waals surface area (Å²) >= 11 is 0. The number of carbonyl (C=O) groups excluding carboxylic acids is 2. The second-order valence-corrected chi connectivity index (χ2v) is 9.27. The van der Waals surface area contributed by atoms with E-state index in [4.69, 9.17) is 0 Å². The first kappa shape index (κ1) is 19.5. The van der Waals surface area contributed by atoms with Gasteiger partial charge in [0.25, 0.3) is 5.91 Å². The van der Waals surface area contributed by atoms with Crippen LogP contribution in [-0.4, -0.2) is 74.0 Å². The number of fused-ring (bicyclic) bond motifs is 1. The maximum absolute atomic E-state index is 13.1. The summed E-state index contributed by atoms with van der Waals surface area (Å²) in [6, 6.07) is 2.30. The molecule has 1 unspecified atom stereocenters. The molecule has 1 N–H and O–H groups in total. The number of amides is 2. The van der Waals surface area contributed by atoms with Gasteiger partial charge in [0, 0.05) is 38.9 Å². The Balaban J connectivity index is 1.31. The lowest BCUT2D eigenvalue weighted by molar-refractivity contribution is -0.154. The van der Waals surface area contributed by atoms with E-state index in [1.807, 2.05) is 12.4 Å². The van der Waals surface area contributed by atoms with Crippen molar-refractivity contribution in [3.8, 4) is 0 Å². The highest BCUT2D eigenvalue weighted by Gasteiger charge is 2.48. The molecular formula is C22H29N5O3. The second kappa shape index (κ2) is 7.34. The number of imidazole rings is 1. The minimum absolute atomic E-state index is 0.0631. The van der Waals surface area contributed by atoms with Crippen LogP contribution in [0.25, 0.3) is 11.2 Å². The van der Waals surface area contributed by atoms with E-state index in [0.717, 1.165) is 24.0 Å². The molecule has 5 rings (SSSR count). The third-order valence-corrected chi connectivity index (χ3v) is 7.30. The molecule has 1 aliphatic carbocycles. The molecule has 2 saturated heterocycles. The van der Waals surface area contributed by atoms with Gasteiger partial charge < -0.3 is 19.5 Å². The number of pyridine rings is 1. The molecule has 1 atom stereocenters. The predicted octanol–water partition coefficient (Wildman–Crippen LogP) is 1.99. The summed E-state index contributed by atoms with van der Waals surface area (Å²) in [7, 11) is 1.75. The number of rotatable bonds is 2. The molecule has 1 saturated carbocycles. The first-order valence-electron chi connectivity index (χ1n) is 11.0. The summed E-state index contributed by atoms with van der Waals surface area (Å²) < 4.78 is 2.15. The quantitative estimate of drug-likeness (QED) is 0.816. The van der Waals surface area contributed by atoms with Crippen molar-refractivity contribution in [3.63, 3.8) is 0 Å². The van der Waals surface area contributed by atoms with Crippen LogP contribution in [0.2, 0.25) is 0 Å². The molecule has 3 fully saturated rings. The molecule has 30 heavy (non-hydrogen) atoms. The van der Waals surface area contributed by atoms with Crippen molar-refractivity contribution in [2.24, 2.45) is 5.41 Å². The lowest BCUT2D eigenvalue weighted by Gasteiger charge is -2.46. The normalized spacial score (nSPS) is 24.9. The highest BCUT2D eigenvalue weighted by atomic mass is 16.3. The van der Waals surface area contributed by atoms with Crippen molar-refractivity contribution < 1.29 is 14.7 Å². The molecule has 0 bridgehead atoms. The largest absolute Gasteiger partial charge is 0.391 e. The standard InChI is InChI=1S/C22H29N5O3/c1-25-13-17(28)11-22(21(25)30)6-8-26(9-7-22)20(29)15-10-18-19(23-12-15)27(14-24-18)16-4-2-3-5-16/h10,12,14,16-17,28H,2-9,11,13H2,1H3. The van der Waals surface area contributed by atoms with Gasteiger partial charge in [-0.3, -0.25) is 9.59 Å². The molecule has 2 aromatic rings. The van der Waals surface area contributed by atoms with E-state index in [1.54, 1.807) is 23.0 Å². The fraction of sp³-hybridized carbons (Fsp3) is 0.636. The van der Waals surface area contributed by atoms with Crippen molar-refractivity contribution in [1.82, 2.24) is 24.3 Å². The number of β-amino-alcohol motifs (C(OH)–C–C–N with tert-alkyl or cyclic N) is 1. The number of nitrogens with zero attached hydrogens (tertiary/aromatic N) is 5. The average molecular weight is 412 g/mol. The van der Waals surface area contributed by atoms with Gasteiger partial charge in [-0.15, -0.1) is 0 Å². The molecular weight excluding hydrogens is 382 g/mol. The molecule has 160 valence electrons. The Labute approximate surface area is 175 Å². The van der Waals surface area contributed by atoms with Gasteiger partial charge in [-0.2, -0.15) is 0 Å². The van der Waals surface area contributed by atoms with Crippen LogP contribution in [0.5, 0.6) is 0 Å². The summed E-state index contributed by atoms with van der Waals surface area (Å²) in [5.41, 5.74) is 1.61. The van der Waals surface area contributed by atoms with Crippen LogP contribution in [0.4, 0.5) is 0 Å². The average Bonchev–Trinajstić information content (AvgIpc) is 3.41. The number of aromatic nitrogens is 3. The molecule has 3 aliphatic rings. The zero-order chi connectivity index (χ0) is 20.9. The lowest BCUT2D eigenvalue weighted by atomic mass is 9.71. The molecule has 2 amide bonds. The number of likely N-dealkylation sites (N-methyl/N-ethyl adjacent to an activating group) is 1. The van der Waals surface area contributed by atoms with Crippen LogP contribution < -0.4 is 0 Å². The van der Waals surface area contributed by atoms with E-state index in [0.29, 0.717) is 50.5 Å². The summed E-state index contributed by atoms with van der Waals surface area (Å²) in [5.74, 6) is 0.0345. The number of hydrogen-bond donors (Lipinski definition) is 1. The number of piperidine rings is 2. The Kier molecular flexibility index (Phi) is 4.76. The highest BCUT2D eigenvalue weighted by molar-refractivity contribution is 5.96. The Morgan fingerprint density at radius 3 is 2.67 bits per heavy atom. The van der Waals surface area contributed by atoms with E-state index < -0.39 is 11.5 Å². The van der Waals surface area contributed by atoms with Crippen LogP contribution in [0.3, 0.4) is 0 Å². The van der Waals surface area contributed by atoms with Crippen LogP contribution >= 0.6 is 0 Å². The smallest absolute Gasteiger partial charge is 0.255 e. The van der Waals surface area contributed by atoms with Crippen molar-refractivity contribution in [2.75, 3.05) is 26.7 Å².